The highest BCUT2D eigenvalue weighted by atomic mass is 16.5. The Labute approximate surface area is 196 Å². The van der Waals surface area contributed by atoms with E-state index >= 15 is 0 Å². The minimum absolute atomic E-state index is 0.0527. The van der Waals surface area contributed by atoms with Gasteiger partial charge in [-0.2, -0.15) is 0 Å². The van der Waals surface area contributed by atoms with Crippen LogP contribution in [0.25, 0.3) is 0 Å². The molecule has 0 fully saturated rings. The Morgan fingerprint density at radius 3 is 2.71 bits per heavy atom. The largest absolute Gasteiger partial charge is 0.489 e. The van der Waals surface area contributed by atoms with Crippen molar-refractivity contribution in [1.82, 2.24) is 14.7 Å². The number of nitrogens with zero attached hydrogens (tertiary/aromatic N) is 3. The van der Waals surface area contributed by atoms with Crippen LogP contribution in [0.1, 0.15) is 40.7 Å². The first-order valence-corrected chi connectivity index (χ1v) is 10.9. The molecule has 0 atom stereocenters. The number of aromatic amines is 1. The summed E-state index contributed by atoms with van der Waals surface area (Å²) in [5.74, 6) is 0.548. The molecule has 3 aromatic rings. The smallest absolute Gasteiger partial charge is 0.330 e. The predicted octanol–water partition coefficient (Wildman–Crippen LogP) is 2.01. The summed E-state index contributed by atoms with van der Waals surface area (Å²) in [7, 11) is 1.48. The van der Waals surface area contributed by atoms with Crippen molar-refractivity contribution >= 4 is 17.4 Å². The van der Waals surface area contributed by atoms with Gasteiger partial charge in [0.25, 0.3) is 11.5 Å². The van der Waals surface area contributed by atoms with Gasteiger partial charge < -0.3 is 19.7 Å². The van der Waals surface area contributed by atoms with E-state index in [-0.39, 0.29) is 36.8 Å². The maximum absolute atomic E-state index is 13.5. The number of carbonyl (C=O) groups excluding carboxylic acids is 1. The molecule has 11 nitrogen and oxygen atoms in total. The molecule has 0 saturated heterocycles. The molecule has 0 saturated carbocycles. The van der Waals surface area contributed by atoms with E-state index in [0.29, 0.717) is 24.5 Å². The van der Waals surface area contributed by atoms with Crippen molar-refractivity contribution < 1.29 is 18.8 Å². The third-order valence-electron chi connectivity index (χ3n) is 5.34. The van der Waals surface area contributed by atoms with Crippen LogP contribution in [0, 0.1) is 13.8 Å². The fourth-order valence-corrected chi connectivity index (χ4v) is 3.52. The number of nitrogen functional groups attached to an aromatic ring is 1. The Balaban J connectivity index is 1.95. The molecule has 3 rings (SSSR count). The number of amides is 1. The van der Waals surface area contributed by atoms with Gasteiger partial charge in [-0.3, -0.25) is 24.0 Å². The maximum atomic E-state index is 13.5. The van der Waals surface area contributed by atoms with E-state index in [0.717, 1.165) is 11.3 Å². The number of aromatic nitrogens is 3. The number of ether oxygens (including phenoxy) is 2. The van der Waals surface area contributed by atoms with Crippen LogP contribution in [-0.2, 0) is 17.9 Å². The zero-order chi connectivity index (χ0) is 24.8. The quantitative estimate of drug-likeness (QED) is 0.457. The number of aryl methyl sites for hydroxylation is 2. The van der Waals surface area contributed by atoms with E-state index in [1.54, 1.807) is 31.2 Å². The molecular weight excluding hydrogens is 442 g/mol. The molecule has 0 bridgehead atoms. The monoisotopic (exact) mass is 471 g/mol. The third kappa shape index (κ3) is 5.20. The highest BCUT2D eigenvalue weighted by Crippen LogP contribution is 2.23. The second kappa shape index (κ2) is 10.8. The van der Waals surface area contributed by atoms with Gasteiger partial charge in [0.05, 0.1) is 17.9 Å². The summed E-state index contributed by atoms with van der Waals surface area (Å²) < 4.78 is 17.4. The molecule has 3 N–H and O–H groups in total. The molecule has 182 valence electrons. The van der Waals surface area contributed by atoms with Crippen molar-refractivity contribution in [3.63, 3.8) is 0 Å². The number of nitrogens with two attached hydrogens (primary N) is 1. The zero-order valence-electron chi connectivity index (χ0n) is 19.7. The predicted molar refractivity (Wildman–Crippen MR) is 126 cm³/mol. The number of benzene rings is 1. The highest BCUT2D eigenvalue weighted by molar-refractivity contribution is 6.07. The van der Waals surface area contributed by atoms with Crippen molar-refractivity contribution in [2.24, 2.45) is 0 Å². The number of H-pyrrole nitrogens is 1. The second-order valence-electron chi connectivity index (χ2n) is 7.71. The minimum Gasteiger partial charge on any atom is -0.489 e. The van der Waals surface area contributed by atoms with Gasteiger partial charge in [-0.05, 0) is 38.5 Å². The summed E-state index contributed by atoms with van der Waals surface area (Å²) in [6.07, 6.45) is 0.617. The van der Waals surface area contributed by atoms with E-state index in [1.807, 2.05) is 13.8 Å². The zero-order valence-corrected chi connectivity index (χ0v) is 19.7. The summed E-state index contributed by atoms with van der Waals surface area (Å²) in [5, 5.41) is 3.91. The van der Waals surface area contributed by atoms with E-state index in [2.05, 4.69) is 10.1 Å². The van der Waals surface area contributed by atoms with Crippen LogP contribution >= 0.6 is 0 Å². The Kier molecular flexibility index (Phi) is 7.90. The van der Waals surface area contributed by atoms with E-state index in [4.69, 9.17) is 19.7 Å². The van der Waals surface area contributed by atoms with Gasteiger partial charge in [-0.1, -0.05) is 18.1 Å². The second-order valence-corrected chi connectivity index (χ2v) is 7.71. The summed E-state index contributed by atoms with van der Waals surface area (Å²) in [6, 6.07) is 6.58. The van der Waals surface area contributed by atoms with Crippen molar-refractivity contribution in [3.05, 3.63) is 67.7 Å². The van der Waals surface area contributed by atoms with Gasteiger partial charge in [0.2, 0.25) is 0 Å². The van der Waals surface area contributed by atoms with Crippen LogP contribution in [0.4, 0.5) is 11.5 Å². The SMILES string of the molecule is CCCn1c(N)c(N(CCOC)C(=O)c2cccc(OCc3c(C)noc3C)c2)c(=O)[nH]c1=O. The molecule has 34 heavy (non-hydrogen) atoms. The van der Waals surface area contributed by atoms with Crippen molar-refractivity contribution in [2.75, 3.05) is 30.9 Å². The van der Waals surface area contributed by atoms with Crippen molar-refractivity contribution in [2.45, 2.75) is 40.3 Å². The van der Waals surface area contributed by atoms with Gasteiger partial charge in [0.1, 0.15) is 23.9 Å². The molecule has 1 aromatic carbocycles. The number of rotatable bonds is 10. The molecule has 2 aromatic heterocycles. The summed E-state index contributed by atoms with van der Waals surface area (Å²) in [4.78, 5) is 41.9. The topological polar surface area (TPSA) is 146 Å². The first-order chi connectivity index (χ1) is 16.3. The number of nitrogens with one attached hydrogen (secondary N) is 1. The molecule has 2 heterocycles. The maximum Gasteiger partial charge on any atom is 0.330 e. The lowest BCUT2D eigenvalue weighted by Gasteiger charge is -2.24. The third-order valence-corrected chi connectivity index (χ3v) is 5.34. The van der Waals surface area contributed by atoms with Gasteiger partial charge >= 0.3 is 5.69 Å². The first-order valence-electron chi connectivity index (χ1n) is 10.9. The van der Waals surface area contributed by atoms with Gasteiger partial charge in [-0.25, -0.2) is 4.79 Å². The normalized spacial score (nSPS) is 10.9. The van der Waals surface area contributed by atoms with Crippen LogP contribution < -0.4 is 26.6 Å². The number of carbonyl (C=O) groups is 1. The van der Waals surface area contributed by atoms with Crippen LogP contribution in [0.2, 0.25) is 0 Å². The number of methoxy groups -OCH3 is 1. The lowest BCUT2D eigenvalue weighted by molar-refractivity contribution is 0.0975. The fraction of sp³-hybridized carbons (Fsp3) is 0.391. The standard InChI is InChI=1S/C23H29N5O6/c1-5-9-28-20(24)19(21(29)25-23(28)31)27(10-11-32-4)22(30)16-7-6-8-17(12-16)33-13-18-14(2)26-34-15(18)3/h6-8,12H,5,9-11,13,24H2,1-4H3,(H,25,29,31). The van der Waals surface area contributed by atoms with E-state index in [9.17, 15) is 14.4 Å². The lowest BCUT2D eigenvalue weighted by Crippen LogP contribution is -2.42. The Hall–Kier alpha value is -3.86. The summed E-state index contributed by atoms with van der Waals surface area (Å²) in [5.41, 5.74) is 6.56. The van der Waals surface area contributed by atoms with Gasteiger partial charge in [0.15, 0.2) is 5.69 Å². The Morgan fingerprint density at radius 1 is 1.29 bits per heavy atom. The lowest BCUT2D eigenvalue weighted by atomic mass is 10.1. The van der Waals surface area contributed by atoms with Crippen molar-refractivity contribution in [3.8, 4) is 5.75 Å². The van der Waals surface area contributed by atoms with Crippen LogP contribution in [-0.4, -0.2) is 40.9 Å². The van der Waals surface area contributed by atoms with E-state index < -0.39 is 17.2 Å². The molecule has 11 heteroatoms. The molecule has 0 aliphatic heterocycles. The summed E-state index contributed by atoms with van der Waals surface area (Å²) >= 11 is 0. The highest BCUT2D eigenvalue weighted by Gasteiger charge is 2.25. The Bertz CT molecular complexity index is 1260. The van der Waals surface area contributed by atoms with Gasteiger partial charge in [-0.15, -0.1) is 0 Å². The number of anilines is 2. The minimum atomic E-state index is -0.745. The van der Waals surface area contributed by atoms with Crippen molar-refractivity contribution in [1.29, 1.82) is 0 Å². The Morgan fingerprint density at radius 2 is 2.06 bits per heavy atom. The average Bonchev–Trinajstić information content (AvgIpc) is 3.14. The van der Waals surface area contributed by atoms with Gasteiger partial charge in [0, 0.05) is 25.8 Å². The van der Waals surface area contributed by atoms with E-state index in [1.165, 1.54) is 16.6 Å². The number of hydrogen-bond donors (Lipinski definition) is 2. The fourth-order valence-electron chi connectivity index (χ4n) is 3.52. The molecule has 0 aliphatic rings. The molecule has 0 spiro atoms. The molecule has 0 radical (unpaired) electrons. The first kappa shape index (κ1) is 24.8. The van der Waals surface area contributed by atoms with Crippen LogP contribution in [0.15, 0.2) is 38.4 Å². The van der Waals surface area contributed by atoms with Crippen LogP contribution in [0.3, 0.4) is 0 Å². The molecule has 1 amide bonds. The molecule has 0 unspecified atom stereocenters. The summed E-state index contributed by atoms with van der Waals surface area (Å²) in [6.45, 7) is 6.22. The van der Waals surface area contributed by atoms with Crippen LogP contribution in [0.5, 0.6) is 5.75 Å². The number of hydrogen-bond acceptors (Lipinski definition) is 8. The molecular formula is C23H29N5O6. The average molecular weight is 472 g/mol. The molecule has 0 aliphatic carbocycles.